The first-order valence-electron chi connectivity index (χ1n) is 11.0. The number of aliphatic carboxylic acids is 1. The van der Waals surface area contributed by atoms with Crippen molar-refractivity contribution in [2.45, 2.75) is 97.5 Å². The molecule has 1 unspecified atom stereocenters. The molecule has 0 bridgehead atoms. The summed E-state index contributed by atoms with van der Waals surface area (Å²) in [5.74, 6) is -1.18. The Morgan fingerprint density at radius 2 is 1.66 bits per heavy atom. The first-order valence-corrected chi connectivity index (χ1v) is 11.0. The summed E-state index contributed by atoms with van der Waals surface area (Å²) >= 11 is 0. The zero-order chi connectivity index (χ0) is 21.9. The molecule has 1 fully saturated rings. The highest BCUT2D eigenvalue weighted by Gasteiger charge is 2.46. The van der Waals surface area contributed by atoms with Crippen LogP contribution in [0.4, 0.5) is 4.79 Å². The van der Waals surface area contributed by atoms with Crippen LogP contribution < -0.4 is 5.32 Å². The van der Waals surface area contributed by atoms with Crippen molar-refractivity contribution in [1.82, 2.24) is 5.32 Å². The molecule has 0 heterocycles. The molecule has 7 heteroatoms. The van der Waals surface area contributed by atoms with E-state index in [2.05, 4.69) is 5.32 Å². The molecule has 1 amide bonds. The number of esters is 1. The van der Waals surface area contributed by atoms with Crippen LogP contribution in [0.5, 0.6) is 0 Å². The van der Waals surface area contributed by atoms with Gasteiger partial charge in [0, 0.05) is 6.54 Å². The number of amides is 1. The van der Waals surface area contributed by atoms with Crippen LogP contribution in [-0.4, -0.2) is 41.9 Å². The molecule has 7 nitrogen and oxygen atoms in total. The van der Waals surface area contributed by atoms with E-state index in [0.29, 0.717) is 18.8 Å². The fraction of sp³-hybridized carbons (Fsp3) is 0.864. The SMILES string of the molecule is CCOC(=O)C(CCCNC(=O)OC(C)(C)C)(CCCC1CCCCC1)C(=O)O. The molecule has 0 saturated heterocycles. The summed E-state index contributed by atoms with van der Waals surface area (Å²) in [6, 6.07) is 0. The number of carbonyl (C=O) groups excluding carboxylic acids is 2. The highest BCUT2D eigenvalue weighted by Crippen LogP contribution is 2.35. The predicted octanol–water partition coefficient (Wildman–Crippen LogP) is 4.68. The van der Waals surface area contributed by atoms with Crippen molar-refractivity contribution >= 4 is 18.0 Å². The first kappa shape index (κ1) is 25.2. The molecular formula is C22H39NO6. The van der Waals surface area contributed by atoms with E-state index in [4.69, 9.17) is 9.47 Å². The van der Waals surface area contributed by atoms with Crippen LogP contribution in [0.25, 0.3) is 0 Å². The fourth-order valence-corrected chi connectivity index (χ4v) is 3.96. The summed E-state index contributed by atoms with van der Waals surface area (Å²) < 4.78 is 10.3. The third-order valence-corrected chi connectivity index (χ3v) is 5.46. The van der Waals surface area contributed by atoms with Crippen molar-refractivity contribution in [3.63, 3.8) is 0 Å². The normalized spacial score (nSPS) is 17.2. The molecule has 29 heavy (non-hydrogen) atoms. The Kier molecular flexibility index (Phi) is 10.5. The zero-order valence-corrected chi connectivity index (χ0v) is 18.6. The lowest BCUT2D eigenvalue weighted by Crippen LogP contribution is -2.42. The zero-order valence-electron chi connectivity index (χ0n) is 18.6. The Morgan fingerprint density at radius 1 is 1.03 bits per heavy atom. The van der Waals surface area contributed by atoms with Crippen LogP contribution in [0.1, 0.15) is 91.9 Å². The van der Waals surface area contributed by atoms with Crippen LogP contribution in [-0.2, 0) is 19.1 Å². The van der Waals surface area contributed by atoms with Gasteiger partial charge in [0.25, 0.3) is 0 Å². The quantitative estimate of drug-likeness (QED) is 0.290. The number of carboxylic acids is 1. The van der Waals surface area contributed by atoms with Gasteiger partial charge < -0.3 is 19.9 Å². The van der Waals surface area contributed by atoms with Crippen molar-refractivity contribution in [2.75, 3.05) is 13.2 Å². The maximum absolute atomic E-state index is 12.6. The summed E-state index contributed by atoms with van der Waals surface area (Å²) in [5.41, 5.74) is -2.15. The third kappa shape index (κ3) is 9.05. The van der Waals surface area contributed by atoms with Gasteiger partial charge in [0.1, 0.15) is 5.60 Å². The lowest BCUT2D eigenvalue weighted by molar-refractivity contribution is -0.170. The lowest BCUT2D eigenvalue weighted by atomic mass is 9.76. The van der Waals surface area contributed by atoms with Gasteiger partial charge in [-0.05, 0) is 52.9 Å². The number of carboxylic acid groups (broad SMARTS) is 1. The van der Waals surface area contributed by atoms with E-state index in [1.165, 1.54) is 32.1 Å². The average molecular weight is 414 g/mol. The number of nitrogens with one attached hydrogen (secondary N) is 1. The van der Waals surface area contributed by atoms with Gasteiger partial charge in [-0.3, -0.25) is 9.59 Å². The Labute approximate surface area is 174 Å². The minimum absolute atomic E-state index is 0.127. The molecule has 0 aromatic carbocycles. The minimum Gasteiger partial charge on any atom is -0.480 e. The number of carbonyl (C=O) groups is 3. The van der Waals surface area contributed by atoms with Gasteiger partial charge in [0.15, 0.2) is 5.41 Å². The molecule has 0 spiro atoms. The topological polar surface area (TPSA) is 102 Å². The summed E-state index contributed by atoms with van der Waals surface area (Å²) in [6.07, 6.45) is 7.99. The van der Waals surface area contributed by atoms with Gasteiger partial charge in [-0.25, -0.2) is 4.79 Å². The standard InChI is InChI=1S/C22H39NO6/c1-5-28-19(26)22(18(24)25,14-9-13-17-11-7-6-8-12-17)15-10-16-23-20(27)29-21(2,3)4/h17H,5-16H2,1-4H3,(H,23,27)(H,24,25). The molecule has 1 saturated carbocycles. The van der Waals surface area contributed by atoms with E-state index >= 15 is 0 Å². The average Bonchev–Trinajstić information content (AvgIpc) is 2.63. The van der Waals surface area contributed by atoms with Crippen molar-refractivity contribution in [3.8, 4) is 0 Å². The number of hydrogen-bond donors (Lipinski definition) is 2. The highest BCUT2D eigenvalue weighted by atomic mass is 16.6. The van der Waals surface area contributed by atoms with E-state index in [9.17, 15) is 19.5 Å². The predicted molar refractivity (Wildman–Crippen MR) is 111 cm³/mol. The van der Waals surface area contributed by atoms with Crippen LogP contribution in [0, 0.1) is 11.3 Å². The lowest BCUT2D eigenvalue weighted by Gasteiger charge is -2.29. The van der Waals surface area contributed by atoms with E-state index in [1.54, 1.807) is 27.7 Å². The monoisotopic (exact) mass is 413 g/mol. The summed E-state index contributed by atoms with van der Waals surface area (Å²) in [6.45, 7) is 7.38. The van der Waals surface area contributed by atoms with E-state index in [-0.39, 0.29) is 26.0 Å². The van der Waals surface area contributed by atoms with Crippen LogP contribution in [0.15, 0.2) is 0 Å². The van der Waals surface area contributed by atoms with Crippen molar-refractivity contribution in [3.05, 3.63) is 0 Å². The Bertz CT molecular complexity index is 536. The third-order valence-electron chi connectivity index (χ3n) is 5.46. The van der Waals surface area contributed by atoms with Crippen molar-refractivity contribution in [1.29, 1.82) is 0 Å². The molecule has 1 aliphatic rings. The molecule has 0 aromatic heterocycles. The molecule has 1 aliphatic carbocycles. The van der Waals surface area contributed by atoms with Crippen LogP contribution in [0.2, 0.25) is 0 Å². The van der Waals surface area contributed by atoms with Gasteiger partial charge in [-0.1, -0.05) is 44.9 Å². The first-order chi connectivity index (χ1) is 13.6. The molecule has 0 aliphatic heterocycles. The van der Waals surface area contributed by atoms with E-state index in [1.807, 2.05) is 0 Å². The number of hydrogen-bond acceptors (Lipinski definition) is 5. The minimum atomic E-state index is -1.56. The van der Waals surface area contributed by atoms with Crippen molar-refractivity contribution < 1.29 is 29.0 Å². The van der Waals surface area contributed by atoms with Crippen LogP contribution in [0.3, 0.4) is 0 Å². The number of rotatable bonds is 11. The molecule has 168 valence electrons. The maximum Gasteiger partial charge on any atom is 0.407 e. The second-order valence-electron chi connectivity index (χ2n) is 9.04. The van der Waals surface area contributed by atoms with Gasteiger partial charge in [-0.2, -0.15) is 0 Å². The smallest absolute Gasteiger partial charge is 0.407 e. The number of alkyl carbamates (subject to hydrolysis) is 1. The summed E-state index contributed by atoms with van der Waals surface area (Å²) in [5, 5.41) is 12.5. The largest absolute Gasteiger partial charge is 0.480 e. The molecule has 0 aromatic rings. The molecule has 0 radical (unpaired) electrons. The Balaban J connectivity index is 2.64. The maximum atomic E-state index is 12.6. The Hall–Kier alpha value is -1.79. The second kappa shape index (κ2) is 12.0. The summed E-state index contributed by atoms with van der Waals surface area (Å²) in [4.78, 5) is 36.5. The molecule has 1 atom stereocenters. The highest BCUT2D eigenvalue weighted by molar-refractivity contribution is 5.99. The second-order valence-corrected chi connectivity index (χ2v) is 9.04. The van der Waals surface area contributed by atoms with E-state index < -0.39 is 29.0 Å². The van der Waals surface area contributed by atoms with Crippen LogP contribution >= 0.6 is 0 Å². The molecular weight excluding hydrogens is 374 g/mol. The van der Waals surface area contributed by atoms with E-state index in [0.717, 1.165) is 6.42 Å². The molecule has 1 rings (SSSR count). The van der Waals surface area contributed by atoms with Crippen molar-refractivity contribution in [2.24, 2.45) is 11.3 Å². The Morgan fingerprint density at radius 3 is 2.21 bits per heavy atom. The van der Waals surface area contributed by atoms with Gasteiger partial charge >= 0.3 is 18.0 Å². The van der Waals surface area contributed by atoms with Gasteiger partial charge in [0.2, 0.25) is 0 Å². The van der Waals surface area contributed by atoms with Gasteiger partial charge in [0.05, 0.1) is 6.61 Å². The summed E-state index contributed by atoms with van der Waals surface area (Å²) in [7, 11) is 0. The molecule has 2 N–H and O–H groups in total. The number of ether oxygens (including phenoxy) is 2. The fourth-order valence-electron chi connectivity index (χ4n) is 3.96. The van der Waals surface area contributed by atoms with Gasteiger partial charge in [-0.15, -0.1) is 0 Å².